The van der Waals surface area contributed by atoms with Gasteiger partial charge in [-0.2, -0.15) is 0 Å². The van der Waals surface area contributed by atoms with E-state index >= 15 is 0 Å². The number of amides is 1. The van der Waals surface area contributed by atoms with Crippen LogP contribution in [0.5, 0.6) is 11.5 Å². The highest BCUT2D eigenvalue weighted by atomic mass is 16.5. The molecule has 0 bridgehead atoms. The standard InChI is InChI=1S/C14H12N2O5/c1-21-10-2-3-12(11(5-10)14(19)20)16-13(18)8-4-9(17)7-15-6-8/h2-7,17H,1H3,(H,16,18)(H,19,20). The Morgan fingerprint density at radius 2 is 2.00 bits per heavy atom. The zero-order chi connectivity index (χ0) is 15.4. The number of ether oxygens (including phenoxy) is 1. The average molecular weight is 288 g/mol. The predicted octanol–water partition coefficient (Wildman–Crippen LogP) is 1.75. The van der Waals surface area contributed by atoms with Gasteiger partial charge in [-0.15, -0.1) is 0 Å². The molecule has 0 spiro atoms. The second kappa shape index (κ2) is 5.91. The molecule has 0 aliphatic rings. The number of aromatic hydroxyl groups is 1. The zero-order valence-corrected chi connectivity index (χ0v) is 11.0. The summed E-state index contributed by atoms with van der Waals surface area (Å²) in [4.78, 5) is 26.9. The van der Waals surface area contributed by atoms with E-state index in [0.29, 0.717) is 5.75 Å². The molecule has 7 heteroatoms. The first kappa shape index (κ1) is 14.3. The van der Waals surface area contributed by atoms with Crippen LogP contribution in [0.4, 0.5) is 5.69 Å². The minimum Gasteiger partial charge on any atom is -0.506 e. The van der Waals surface area contributed by atoms with E-state index in [4.69, 9.17) is 9.84 Å². The summed E-state index contributed by atoms with van der Waals surface area (Å²) in [6.45, 7) is 0. The van der Waals surface area contributed by atoms with Crippen LogP contribution in [0.1, 0.15) is 20.7 Å². The van der Waals surface area contributed by atoms with Gasteiger partial charge in [0.05, 0.1) is 30.1 Å². The number of carboxylic acid groups (broad SMARTS) is 1. The van der Waals surface area contributed by atoms with Crippen molar-refractivity contribution in [3.63, 3.8) is 0 Å². The first-order chi connectivity index (χ1) is 10.0. The van der Waals surface area contributed by atoms with E-state index < -0.39 is 11.9 Å². The van der Waals surface area contributed by atoms with E-state index in [-0.39, 0.29) is 22.6 Å². The molecule has 0 saturated heterocycles. The summed E-state index contributed by atoms with van der Waals surface area (Å²) in [5.74, 6) is -1.57. The highest BCUT2D eigenvalue weighted by molar-refractivity contribution is 6.07. The lowest BCUT2D eigenvalue weighted by molar-refractivity contribution is 0.0697. The van der Waals surface area contributed by atoms with E-state index in [0.717, 1.165) is 0 Å². The molecule has 0 radical (unpaired) electrons. The summed E-state index contributed by atoms with van der Waals surface area (Å²) in [5.41, 5.74) is 0.134. The third-order valence-electron chi connectivity index (χ3n) is 2.69. The molecule has 2 aromatic rings. The summed E-state index contributed by atoms with van der Waals surface area (Å²) in [6, 6.07) is 5.49. The van der Waals surface area contributed by atoms with E-state index in [9.17, 15) is 14.7 Å². The maximum atomic E-state index is 12.0. The normalized spacial score (nSPS) is 9.95. The monoisotopic (exact) mass is 288 g/mol. The van der Waals surface area contributed by atoms with Crippen molar-refractivity contribution in [2.75, 3.05) is 12.4 Å². The maximum Gasteiger partial charge on any atom is 0.337 e. The first-order valence-corrected chi connectivity index (χ1v) is 5.88. The fourth-order valence-corrected chi connectivity index (χ4v) is 1.68. The molecule has 0 saturated carbocycles. The fraction of sp³-hybridized carbons (Fsp3) is 0.0714. The lowest BCUT2D eigenvalue weighted by Crippen LogP contribution is -2.15. The number of carbonyl (C=O) groups is 2. The molecule has 0 atom stereocenters. The van der Waals surface area contributed by atoms with Gasteiger partial charge in [0.1, 0.15) is 11.5 Å². The third-order valence-corrected chi connectivity index (χ3v) is 2.69. The third kappa shape index (κ3) is 3.27. The topological polar surface area (TPSA) is 109 Å². The van der Waals surface area contributed by atoms with Crippen molar-refractivity contribution >= 4 is 17.6 Å². The Labute approximate surface area is 119 Å². The van der Waals surface area contributed by atoms with Gasteiger partial charge in [-0.05, 0) is 24.3 Å². The Bertz CT molecular complexity index is 700. The second-order valence-corrected chi connectivity index (χ2v) is 4.10. The minimum atomic E-state index is -1.20. The molecular formula is C14H12N2O5. The number of aromatic carboxylic acids is 1. The van der Waals surface area contributed by atoms with Crippen LogP contribution < -0.4 is 10.1 Å². The van der Waals surface area contributed by atoms with Gasteiger partial charge in [0, 0.05) is 6.20 Å². The number of aromatic nitrogens is 1. The van der Waals surface area contributed by atoms with E-state index in [1.807, 2.05) is 0 Å². The van der Waals surface area contributed by atoms with Crippen LogP contribution in [0.3, 0.4) is 0 Å². The second-order valence-electron chi connectivity index (χ2n) is 4.10. The van der Waals surface area contributed by atoms with Crippen molar-refractivity contribution in [2.45, 2.75) is 0 Å². The van der Waals surface area contributed by atoms with Gasteiger partial charge >= 0.3 is 5.97 Å². The Balaban J connectivity index is 2.31. The predicted molar refractivity (Wildman–Crippen MR) is 73.8 cm³/mol. The van der Waals surface area contributed by atoms with Gasteiger partial charge in [0.25, 0.3) is 5.91 Å². The van der Waals surface area contributed by atoms with Gasteiger partial charge in [0.2, 0.25) is 0 Å². The summed E-state index contributed by atoms with van der Waals surface area (Å²) >= 11 is 0. The van der Waals surface area contributed by atoms with Crippen LogP contribution in [0.25, 0.3) is 0 Å². The number of benzene rings is 1. The number of nitrogens with one attached hydrogen (secondary N) is 1. The Kier molecular flexibility index (Phi) is 4.03. The molecule has 1 heterocycles. The van der Waals surface area contributed by atoms with Crippen molar-refractivity contribution in [3.8, 4) is 11.5 Å². The average Bonchev–Trinajstić information content (AvgIpc) is 2.47. The van der Waals surface area contributed by atoms with Crippen molar-refractivity contribution in [2.24, 2.45) is 0 Å². The molecule has 2 rings (SSSR count). The molecule has 108 valence electrons. The fourth-order valence-electron chi connectivity index (χ4n) is 1.68. The van der Waals surface area contributed by atoms with E-state index in [1.165, 1.54) is 43.8 Å². The minimum absolute atomic E-state index is 0.101. The number of methoxy groups -OCH3 is 1. The molecule has 0 aliphatic heterocycles. The quantitative estimate of drug-likeness (QED) is 0.790. The maximum absolute atomic E-state index is 12.0. The molecule has 0 aliphatic carbocycles. The number of nitrogens with zero attached hydrogens (tertiary/aromatic N) is 1. The van der Waals surface area contributed by atoms with Crippen LogP contribution in [0.15, 0.2) is 36.7 Å². The highest BCUT2D eigenvalue weighted by Gasteiger charge is 2.15. The molecule has 21 heavy (non-hydrogen) atoms. The summed E-state index contributed by atoms with van der Waals surface area (Å²) in [7, 11) is 1.41. The van der Waals surface area contributed by atoms with Crippen LogP contribution in [-0.4, -0.2) is 34.2 Å². The summed E-state index contributed by atoms with van der Waals surface area (Å²) in [6.07, 6.45) is 2.45. The molecule has 0 unspecified atom stereocenters. The Morgan fingerprint density at radius 1 is 1.24 bits per heavy atom. The summed E-state index contributed by atoms with van der Waals surface area (Å²) in [5, 5.41) is 20.9. The van der Waals surface area contributed by atoms with Crippen molar-refractivity contribution in [3.05, 3.63) is 47.8 Å². The molecule has 1 amide bonds. The largest absolute Gasteiger partial charge is 0.506 e. The van der Waals surface area contributed by atoms with Crippen molar-refractivity contribution < 1.29 is 24.5 Å². The lowest BCUT2D eigenvalue weighted by Gasteiger charge is -2.10. The Hall–Kier alpha value is -3.09. The van der Waals surface area contributed by atoms with Gasteiger partial charge in [-0.25, -0.2) is 4.79 Å². The zero-order valence-electron chi connectivity index (χ0n) is 11.0. The van der Waals surface area contributed by atoms with Crippen LogP contribution in [0, 0.1) is 0 Å². The molecule has 7 nitrogen and oxygen atoms in total. The van der Waals surface area contributed by atoms with Gasteiger partial charge in [0.15, 0.2) is 0 Å². The van der Waals surface area contributed by atoms with Crippen LogP contribution in [-0.2, 0) is 0 Å². The lowest BCUT2D eigenvalue weighted by atomic mass is 10.1. The highest BCUT2D eigenvalue weighted by Crippen LogP contribution is 2.23. The molecule has 1 aromatic heterocycles. The molecule has 3 N–H and O–H groups in total. The van der Waals surface area contributed by atoms with Gasteiger partial charge in [-0.1, -0.05) is 0 Å². The van der Waals surface area contributed by atoms with Crippen LogP contribution in [0.2, 0.25) is 0 Å². The Morgan fingerprint density at radius 3 is 2.62 bits per heavy atom. The van der Waals surface area contributed by atoms with Crippen LogP contribution >= 0.6 is 0 Å². The number of carbonyl (C=O) groups excluding carboxylic acids is 1. The van der Waals surface area contributed by atoms with E-state index in [2.05, 4.69) is 10.3 Å². The van der Waals surface area contributed by atoms with Gasteiger partial charge < -0.3 is 20.3 Å². The molecule has 1 aromatic carbocycles. The number of anilines is 1. The molecule has 0 fully saturated rings. The molecular weight excluding hydrogens is 276 g/mol. The SMILES string of the molecule is COc1ccc(NC(=O)c2cncc(O)c2)c(C(=O)O)c1. The summed E-state index contributed by atoms with van der Waals surface area (Å²) < 4.78 is 4.95. The van der Waals surface area contributed by atoms with Crippen molar-refractivity contribution in [1.82, 2.24) is 4.98 Å². The van der Waals surface area contributed by atoms with Gasteiger partial charge in [-0.3, -0.25) is 9.78 Å². The smallest absolute Gasteiger partial charge is 0.337 e. The van der Waals surface area contributed by atoms with Crippen molar-refractivity contribution in [1.29, 1.82) is 0 Å². The number of rotatable bonds is 4. The number of hydrogen-bond donors (Lipinski definition) is 3. The first-order valence-electron chi connectivity index (χ1n) is 5.88. The number of pyridine rings is 1. The number of carboxylic acids is 1. The number of hydrogen-bond acceptors (Lipinski definition) is 5. The van der Waals surface area contributed by atoms with E-state index in [1.54, 1.807) is 0 Å².